The van der Waals surface area contributed by atoms with E-state index in [1.807, 2.05) is 0 Å². The molecule has 14 heavy (non-hydrogen) atoms. The Balaban J connectivity index is 2.14. The number of amides is 2. The molecule has 5 nitrogen and oxygen atoms in total. The maximum absolute atomic E-state index is 11.1. The second-order valence-corrected chi connectivity index (χ2v) is 3.01. The number of nitrogens with zero attached hydrogens (tertiary/aromatic N) is 1. The molecule has 1 heterocycles. The molecule has 0 aromatic rings. The zero-order chi connectivity index (χ0) is 10.4. The van der Waals surface area contributed by atoms with Crippen LogP contribution in [0.15, 0.2) is 0 Å². The third kappa shape index (κ3) is 2.92. The molecule has 1 saturated heterocycles. The fourth-order valence-electron chi connectivity index (χ4n) is 1.26. The van der Waals surface area contributed by atoms with E-state index in [4.69, 9.17) is 4.74 Å². The van der Waals surface area contributed by atoms with E-state index in [-0.39, 0.29) is 11.8 Å². The summed E-state index contributed by atoms with van der Waals surface area (Å²) in [7, 11) is 0. The quantitative estimate of drug-likeness (QED) is 0.336. The van der Waals surface area contributed by atoms with Crippen molar-refractivity contribution in [3.8, 4) is 0 Å². The van der Waals surface area contributed by atoms with E-state index in [2.05, 4.69) is 0 Å². The number of imide groups is 1. The highest BCUT2D eigenvalue weighted by Gasteiger charge is 2.27. The van der Waals surface area contributed by atoms with Crippen molar-refractivity contribution in [1.29, 1.82) is 0 Å². The molecule has 0 aromatic heterocycles. The van der Waals surface area contributed by atoms with Crippen LogP contribution in [0.2, 0.25) is 0 Å². The fourth-order valence-corrected chi connectivity index (χ4v) is 1.26. The van der Waals surface area contributed by atoms with Crippen molar-refractivity contribution < 1.29 is 19.1 Å². The molecule has 1 rings (SSSR count). The summed E-state index contributed by atoms with van der Waals surface area (Å²) in [5, 5.41) is 0. The fraction of sp³-hybridized carbons (Fsp3) is 0.667. The maximum atomic E-state index is 11.1. The van der Waals surface area contributed by atoms with Crippen LogP contribution in [-0.2, 0) is 19.1 Å². The first-order chi connectivity index (χ1) is 6.75. The summed E-state index contributed by atoms with van der Waals surface area (Å²) < 4.78 is 5.06. The molecule has 0 atom stereocenters. The zero-order valence-corrected chi connectivity index (χ0v) is 7.90. The van der Waals surface area contributed by atoms with Crippen LogP contribution >= 0.6 is 0 Å². The lowest BCUT2D eigenvalue weighted by Gasteiger charge is -2.12. The summed E-state index contributed by atoms with van der Waals surface area (Å²) in [6.45, 7) is 0.960. The molecular formula is C9H13NO4. The summed E-state index contributed by atoms with van der Waals surface area (Å²) in [6.07, 6.45) is 1.74. The molecule has 0 N–H and O–H groups in total. The molecule has 0 spiro atoms. The topological polar surface area (TPSA) is 63.7 Å². The van der Waals surface area contributed by atoms with Crippen LogP contribution in [0.5, 0.6) is 0 Å². The molecule has 0 aromatic carbocycles. The van der Waals surface area contributed by atoms with Crippen molar-refractivity contribution in [3.63, 3.8) is 0 Å². The standard InChI is InChI=1S/C9H13NO4/c11-5-1-6-14-7-4-10-8(12)2-3-9(10)13/h5H,1-4,6-7H2. The first-order valence-electron chi connectivity index (χ1n) is 4.60. The average Bonchev–Trinajstić information content (AvgIpc) is 2.48. The maximum Gasteiger partial charge on any atom is 0.229 e. The highest BCUT2D eigenvalue weighted by molar-refractivity contribution is 6.01. The highest BCUT2D eigenvalue weighted by Crippen LogP contribution is 2.10. The van der Waals surface area contributed by atoms with Crippen molar-refractivity contribution in [1.82, 2.24) is 4.90 Å². The SMILES string of the molecule is O=CCCOCCN1C(=O)CCC1=O. The van der Waals surface area contributed by atoms with E-state index < -0.39 is 0 Å². The van der Waals surface area contributed by atoms with Gasteiger partial charge in [0.1, 0.15) is 6.29 Å². The van der Waals surface area contributed by atoms with Crippen molar-refractivity contribution >= 4 is 18.1 Å². The lowest BCUT2D eigenvalue weighted by atomic mass is 10.4. The van der Waals surface area contributed by atoms with Gasteiger partial charge in [0.25, 0.3) is 0 Å². The Morgan fingerprint density at radius 3 is 2.43 bits per heavy atom. The van der Waals surface area contributed by atoms with Crippen LogP contribution in [0.25, 0.3) is 0 Å². The van der Waals surface area contributed by atoms with Crippen molar-refractivity contribution in [2.24, 2.45) is 0 Å². The van der Waals surface area contributed by atoms with E-state index >= 15 is 0 Å². The highest BCUT2D eigenvalue weighted by atomic mass is 16.5. The van der Waals surface area contributed by atoms with E-state index in [9.17, 15) is 14.4 Å². The van der Waals surface area contributed by atoms with Crippen molar-refractivity contribution in [2.75, 3.05) is 19.8 Å². The summed E-state index contributed by atoms with van der Waals surface area (Å²) >= 11 is 0. The summed E-state index contributed by atoms with van der Waals surface area (Å²) in [4.78, 5) is 33.3. The third-order valence-corrected chi connectivity index (χ3v) is 1.99. The Kier molecular flexibility index (Phi) is 4.25. The predicted octanol–water partition coefficient (Wildman–Crippen LogP) is -0.259. The smallest absolute Gasteiger partial charge is 0.229 e. The predicted molar refractivity (Wildman–Crippen MR) is 47.5 cm³/mol. The Hall–Kier alpha value is -1.23. The molecular weight excluding hydrogens is 186 g/mol. The molecule has 2 amide bonds. The second kappa shape index (κ2) is 5.49. The Bertz CT molecular complexity index is 223. The molecule has 1 aliphatic heterocycles. The van der Waals surface area contributed by atoms with Gasteiger partial charge in [-0.3, -0.25) is 14.5 Å². The number of likely N-dealkylation sites (tertiary alicyclic amines) is 1. The van der Waals surface area contributed by atoms with Crippen LogP contribution in [0, 0.1) is 0 Å². The van der Waals surface area contributed by atoms with Gasteiger partial charge in [-0.15, -0.1) is 0 Å². The van der Waals surface area contributed by atoms with E-state index in [0.717, 1.165) is 6.29 Å². The Morgan fingerprint density at radius 2 is 1.86 bits per heavy atom. The van der Waals surface area contributed by atoms with Gasteiger partial charge in [-0.1, -0.05) is 0 Å². The van der Waals surface area contributed by atoms with E-state index in [1.165, 1.54) is 4.90 Å². The number of carbonyl (C=O) groups excluding carboxylic acids is 3. The molecule has 0 bridgehead atoms. The van der Waals surface area contributed by atoms with Crippen LogP contribution in [0.3, 0.4) is 0 Å². The summed E-state index contributed by atoms with van der Waals surface area (Å²) in [5.41, 5.74) is 0. The van der Waals surface area contributed by atoms with Gasteiger partial charge in [0, 0.05) is 19.3 Å². The minimum absolute atomic E-state index is 0.131. The van der Waals surface area contributed by atoms with Gasteiger partial charge in [0.2, 0.25) is 11.8 Å². The molecule has 0 saturated carbocycles. The number of aldehydes is 1. The van der Waals surface area contributed by atoms with Gasteiger partial charge in [-0.05, 0) is 0 Å². The number of rotatable bonds is 6. The minimum atomic E-state index is -0.131. The summed E-state index contributed by atoms with van der Waals surface area (Å²) in [5.74, 6) is -0.261. The van der Waals surface area contributed by atoms with Crippen molar-refractivity contribution in [2.45, 2.75) is 19.3 Å². The van der Waals surface area contributed by atoms with Crippen LogP contribution in [-0.4, -0.2) is 42.8 Å². The number of carbonyl (C=O) groups is 3. The Labute approximate surface area is 82.0 Å². The first kappa shape index (κ1) is 10.8. The zero-order valence-electron chi connectivity index (χ0n) is 7.90. The monoisotopic (exact) mass is 199 g/mol. The number of ether oxygens (including phenoxy) is 1. The molecule has 0 radical (unpaired) electrons. The Morgan fingerprint density at radius 1 is 1.21 bits per heavy atom. The molecule has 78 valence electrons. The van der Waals surface area contributed by atoms with E-state index in [1.54, 1.807) is 0 Å². The largest absolute Gasteiger partial charge is 0.379 e. The van der Waals surface area contributed by atoms with Gasteiger partial charge in [0.15, 0.2) is 0 Å². The minimum Gasteiger partial charge on any atom is -0.379 e. The van der Waals surface area contributed by atoms with Gasteiger partial charge in [0.05, 0.1) is 19.8 Å². The second-order valence-electron chi connectivity index (χ2n) is 3.01. The normalized spacial score (nSPS) is 16.4. The molecule has 5 heteroatoms. The summed E-state index contributed by atoms with van der Waals surface area (Å²) in [6, 6.07) is 0. The molecule has 1 fully saturated rings. The lowest BCUT2D eigenvalue weighted by Crippen LogP contribution is -2.32. The first-order valence-corrected chi connectivity index (χ1v) is 4.60. The van der Waals surface area contributed by atoms with Crippen molar-refractivity contribution in [3.05, 3.63) is 0 Å². The van der Waals surface area contributed by atoms with Crippen LogP contribution < -0.4 is 0 Å². The molecule has 0 unspecified atom stereocenters. The van der Waals surface area contributed by atoms with Crippen LogP contribution in [0.4, 0.5) is 0 Å². The molecule has 0 aliphatic carbocycles. The molecule has 1 aliphatic rings. The number of hydrogen-bond donors (Lipinski definition) is 0. The van der Waals surface area contributed by atoms with Gasteiger partial charge < -0.3 is 9.53 Å². The van der Waals surface area contributed by atoms with Gasteiger partial charge >= 0.3 is 0 Å². The van der Waals surface area contributed by atoms with Gasteiger partial charge in [-0.25, -0.2) is 0 Å². The van der Waals surface area contributed by atoms with Gasteiger partial charge in [-0.2, -0.15) is 0 Å². The lowest BCUT2D eigenvalue weighted by molar-refractivity contribution is -0.139. The van der Waals surface area contributed by atoms with Crippen LogP contribution in [0.1, 0.15) is 19.3 Å². The number of hydrogen-bond acceptors (Lipinski definition) is 4. The average molecular weight is 199 g/mol. The van der Waals surface area contributed by atoms with E-state index in [0.29, 0.717) is 39.0 Å². The third-order valence-electron chi connectivity index (χ3n) is 1.99.